The van der Waals surface area contributed by atoms with Gasteiger partial charge in [-0.05, 0) is 29.8 Å². The number of carbonyl (C=O) groups is 2. The van der Waals surface area contributed by atoms with Crippen LogP contribution in [0.2, 0.25) is 0 Å². The zero-order valence-electron chi connectivity index (χ0n) is 20.0. The number of anilines is 1. The van der Waals surface area contributed by atoms with Crippen molar-refractivity contribution in [3.8, 4) is 23.0 Å². The van der Waals surface area contributed by atoms with E-state index >= 15 is 0 Å². The molecular weight excluding hydrogens is 471 g/mol. The predicted octanol–water partition coefficient (Wildman–Crippen LogP) is 4.73. The molecule has 0 atom stereocenters. The van der Waals surface area contributed by atoms with E-state index < -0.39 is 5.82 Å². The van der Waals surface area contributed by atoms with Gasteiger partial charge in [-0.25, -0.2) is 9.07 Å². The first-order valence-corrected chi connectivity index (χ1v) is 11.8. The second-order valence-electron chi connectivity index (χ2n) is 8.31. The number of amides is 2. The number of carbonyl (C=O) groups excluding carboxylic acids is 2. The number of pyridine rings is 1. The number of benzene rings is 2. The van der Waals surface area contributed by atoms with E-state index in [0.29, 0.717) is 23.7 Å². The van der Waals surface area contributed by atoms with Crippen molar-refractivity contribution in [3.63, 3.8) is 0 Å². The minimum absolute atomic E-state index is 0.0306. The molecule has 9 heteroatoms. The van der Waals surface area contributed by atoms with Crippen molar-refractivity contribution in [1.29, 1.82) is 5.26 Å². The number of hydrogen-bond acceptors (Lipinski definition) is 5. The molecule has 1 N–H and O–H groups in total. The Kier molecular flexibility index (Phi) is 8.34. The summed E-state index contributed by atoms with van der Waals surface area (Å²) in [6, 6.07) is 22.7. The molecule has 4 rings (SSSR count). The van der Waals surface area contributed by atoms with Crippen molar-refractivity contribution < 1.29 is 14.0 Å². The third-order valence-electron chi connectivity index (χ3n) is 5.61. The molecule has 37 heavy (non-hydrogen) atoms. The van der Waals surface area contributed by atoms with E-state index in [0.717, 1.165) is 11.1 Å². The van der Waals surface area contributed by atoms with Crippen LogP contribution in [0.25, 0.3) is 16.9 Å². The molecule has 0 saturated carbocycles. The lowest BCUT2D eigenvalue weighted by Crippen LogP contribution is -2.32. The number of aromatic nitrogens is 3. The SMILES string of the molecule is N#CCCN(Cc1cccnc1)C(=O)CCC(=O)Nc1cc(-c2ccccc2)nn1-c1cccc(F)c1. The van der Waals surface area contributed by atoms with Gasteiger partial charge in [-0.3, -0.25) is 14.6 Å². The van der Waals surface area contributed by atoms with Crippen LogP contribution in [-0.2, 0) is 16.1 Å². The van der Waals surface area contributed by atoms with Crippen molar-refractivity contribution >= 4 is 17.6 Å². The number of halogens is 1. The topological polar surface area (TPSA) is 104 Å². The van der Waals surface area contributed by atoms with Crippen molar-refractivity contribution in [3.05, 3.63) is 96.6 Å². The van der Waals surface area contributed by atoms with Gasteiger partial charge in [-0.1, -0.05) is 42.5 Å². The van der Waals surface area contributed by atoms with Crippen LogP contribution in [-0.4, -0.2) is 38.0 Å². The van der Waals surface area contributed by atoms with Crippen molar-refractivity contribution in [2.75, 3.05) is 11.9 Å². The van der Waals surface area contributed by atoms with Crippen LogP contribution in [0.3, 0.4) is 0 Å². The summed E-state index contributed by atoms with van der Waals surface area (Å²) in [5, 5.41) is 16.4. The molecule has 8 nitrogen and oxygen atoms in total. The summed E-state index contributed by atoms with van der Waals surface area (Å²) in [7, 11) is 0. The molecule has 2 heterocycles. The van der Waals surface area contributed by atoms with E-state index in [1.54, 1.807) is 41.6 Å². The van der Waals surface area contributed by atoms with E-state index in [2.05, 4.69) is 21.5 Å². The highest BCUT2D eigenvalue weighted by Crippen LogP contribution is 2.25. The van der Waals surface area contributed by atoms with E-state index in [9.17, 15) is 14.0 Å². The van der Waals surface area contributed by atoms with Crippen LogP contribution in [0.5, 0.6) is 0 Å². The first-order chi connectivity index (χ1) is 18.0. The summed E-state index contributed by atoms with van der Waals surface area (Å²) in [4.78, 5) is 31.3. The lowest BCUT2D eigenvalue weighted by atomic mass is 10.1. The summed E-state index contributed by atoms with van der Waals surface area (Å²) in [5.74, 6) is -0.688. The maximum absolute atomic E-state index is 13.9. The van der Waals surface area contributed by atoms with Crippen LogP contribution < -0.4 is 5.32 Å². The number of hydrogen-bond donors (Lipinski definition) is 1. The summed E-state index contributed by atoms with van der Waals surface area (Å²) in [5.41, 5.74) is 2.74. The van der Waals surface area contributed by atoms with Crippen LogP contribution >= 0.6 is 0 Å². The van der Waals surface area contributed by atoms with Crippen LogP contribution in [0.1, 0.15) is 24.8 Å². The number of nitrogens with one attached hydrogen (secondary N) is 1. The van der Waals surface area contributed by atoms with Crippen molar-refractivity contribution in [2.24, 2.45) is 0 Å². The molecule has 0 bridgehead atoms. The van der Waals surface area contributed by atoms with E-state index in [1.807, 2.05) is 36.4 Å². The number of rotatable bonds is 10. The Labute approximate surface area is 214 Å². The molecular formula is C28H25FN6O2. The normalized spacial score (nSPS) is 10.5. The van der Waals surface area contributed by atoms with Crippen molar-refractivity contribution in [2.45, 2.75) is 25.8 Å². The van der Waals surface area contributed by atoms with Crippen LogP contribution in [0.15, 0.2) is 85.2 Å². The lowest BCUT2D eigenvalue weighted by Gasteiger charge is -2.21. The zero-order valence-corrected chi connectivity index (χ0v) is 20.0. The largest absolute Gasteiger partial charge is 0.337 e. The van der Waals surface area contributed by atoms with E-state index in [1.165, 1.54) is 16.8 Å². The zero-order chi connectivity index (χ0) is 26.0. The molecule has 0 spiro atoms. The van der Waals surface area contributed by atoms with Gasteiger partial charge in [0, 0.05) is 50.0 Å². The third-order valence-corrected chi connectivity index (χ3v) is 5.61. The Bertz CT molecular complexity index is 1400. The molecule has 0 aliphatic rings. The molecule has 2 aromatic heterocycles. The molecule has 0 saturated heterocycles. The highest BCUT2D eigenvalue weighted by atomic mass is 19.1. The maximum Gasteiger partial charge on any atom is 0.226 e. The molecule has 4 aromatic rings. The highest BCUT2D eigenvalue weighted by molar-refractivity contribution is 5.93. The second kappa shape index (κ2) is 12.2. The van der Waals surface area contributed by atoms with Gasteiger partial charge in [0.05, 0.1) is 23.9 Å². The first kappa shape index (κ1) is 25.3. The number of nitriles is 1. The van der Waals surface area contributed by atoms with Gasteiger partial charge >= 0.3 is 0 Å². The first-order valence-electron chi connectivity index (χ1n) is 11.8. The average molecular weight is 497 g/mol. The van der Waals surface area contributed by atoms with Gasteiger partial charge in [0.15, 0.2) is 0 Å². The van der Waals surface area contributed by atoms with E-state index in [-0.39, 0.29) is 37.6 Å². The summed E-state index contributed by atoms with van der Waals surface area (Å²) >= 11 is 0. The second-order valence-corrected chi connectivity index (χ2v) is 8.31. The minimum Gasteiger partial charge on any atom is -0.337 e. The molecule has 2 amide bonds. The molecule has 2 aromatic carbocycles. The smallest absolute Gasteiger partial charge is 0.226 e. The fourth-order valence-electron chi connectivity index (χ4n) is 3.80. The van der Waals surface area contributed by atoms with Gasteiger partial charge in [0.25, 0.3) is 0 Å². The summed E-state index contributed by atoms with van der Waals surface area (Å²) < 4.78 is 15.4. The van der Waals surface area contributed by atoms with Gasteiger partial charge < -0.3 is 10.2 Å². The van der Waals surface area contributed by atoms with E-state index in [4.69, 9.17) is 5.26 Å². The fraction of sp³-hybridized carbons (Fsp3) is 0.179. The van der Waals surface area contributed by atoms with Crippen molar-refractivity contribution in [1.82, 2.24) is 19.7 Å². The fourth-order valence-corrected chi connectivity index (χ4v) is 3.80. The molecule has 0 fully saturated rings. The Morgan fingerprint density at radius 3 is 2.59 bits per heavy atom. The summed E-state index contributed by atoms with van der Waals surface area (Å²) in [6.07, 6.45) is 3.40. The monoisotopic (exact) mass is 496 g/mol. The highest BCUT2D eigenvalue weighted by Gasteiger charge is 2.18. The Morgan fingerprint density at radius 1 is 1.03 bits per heavy atom. The Balaban J connectivity index is 1.47. The van der Waals surface area contributed by atoms with Gasteiger partial charge in [0.2, 0.25) is 11.8 Å². The molecule has 0 unspecified atom stereocenters. The maximum atomic E-state index is 13.9. The number of nitrogens with zero attached hydrogens (tertiary/aromatic N) is 5. The lowest BCUT2D eigenvalue weighted by molar-refractivity contribution is -0.133. The molecule has 0 aliphatic carbocycles. The average Bonchev–Trinajstić information content (AvgIpc) is 3.34. The van der Waals surface area contributed by atoms with Gasteiger partial charge in [0.1, 0.15) is 11.6 Å². The van der Waals surface area contributed by atoms with Gasteiger partial charge in [-0.2, -0.15) is 10.4 Å². The molecule has 0 radical (unpaired) electrons. The quantitative estimate of drug-likeness (QED) is 0.342. The minimum atomic E-state index is -0.428. The Morgan fingerprint density at radius 2 is 1.86 bits per heavy atom. The predicted molar refractivity (Wildman–Crippen MR) is 137 cm³/mol. The third kappa shape index (κ3) is 6.86. The summed E-state index contributed by atoms with van der Waals surface area (Å²) in [6.45, 7) is 0.571. The Hall–Kier alpha value is -4.84. The standard InChI is InChI=1S/C28H25FN6O2/c29-23-10-4-11-24(17-23)35-26(18-25(33-35)22-8-2-1-3-9-22)32-27(36)12-13-28(37)34(16-6-14-30)20-21-7-5-15-31-19-21/h1-5,7-11,15,17-19H,6,12-13,16,20H2,(H,32,36). The molecule has 0 aliphatic heterocycles. The van der Waals surface area contributed by atoms with Crippen LogP contribution in [0.4, 0.5) is 10.2 Å². The van der Waals surface area contributed by atoms with Crippen LogP contribution in [0, 0.1) is 17.1 Å². The van der Waals surface area contributed by atoms with Gasteiger partial charge in [-0.15, -0.1) is 0 Å². The molecule has 186 valence electrons.